The molecule has 1 saturated heterocycles. The number of hydrogen-bond donors (Lipinski definition) is 1. The van der Waals surface area contributed by atoms with E-state index >= 15 is 0 Å². The van der Waals surface area contributed by atoms with E-state index in [9.17, 15) is 4.79 Å². The van der Waals surface area contributed by atoms with Gasteiger partial charge in [-0.3, -0.25) is 9.69 Å². The standard InChI is InChI=1S/C28H31N3O3S.ClH/c1-19-15-29-11-12-31(19)16-22-14-23-27(35-22)24(17-30(2)28(23)32)21-9-10-25(33-3)26(13-21)34-18-20-7-5-4-6-8-20;/h4-10,13-14,17,19,29H,11-12,15-16,18H2,1-3H3;1H/t19-;/m0./s1. The van der Waals surface area contributed by atoms with Crippen molar-refractivity contribution in [3.63, 3.8) is 0 Å². The third-order valence-corrected chi connectivity index (χ3v) is 7.76. The molecule has 4 aromatic rings. The van der Waals surface area contributed by atoms with Crippen LogP contribution in [0.4, 0.5) is 0 Å². The lowest BCUT2D eigenvalue weighted by Crippen LogP contribution is -2.49. The summed E-state index contributed by atoms with van der Waals surface area (Å²) in [4.78, 5) is 16.7. The normalized spacial score (nSPS) is 16.0. The minimum Gasteiger partial charge on any atom is -0.493 e. The molecule has 1 N–H and O–H groups in total. The lowest BCUT2D eigenvalue weighted by molar-refractivity contribution is 0.167. The van der Waals surface area contributed by atoms with E-state index < -0.39 is 0 Å². The molecule has 0 aliphatic carbocycles. The highest BCUT2D eigenvalue weighted by Gasteiger charge is 2.21. The number of nitrogens with one attached hydrogen (secondary N) is 1. The highest BCUT2D eigenvalue weighted by molar-refractivity contribution is 7.19. The van der Waals surface area contributed by atoms with Gasteiger partial charge < -0.3 is 19.4 Å². The summed E-state index contributed by atoms with van der Waals surface area (Å²) < 4.78 is 14.4. The Morgan fingerprint density at radius 3 is 2.67 bits per heavy atom. The maximum Gasteiger partial charge on any atom is 0.259 e. The summed E-state index contributed by atoms with van der Waals surface area (Å²) in [6, 6.07) is 18.6. The number of methoxy groups -OCH3 is 1. The Labute approximate surface area is 221 Å². The molecule has 0 spiro atoms. The zero-order valence-corrected chi connectivity index (χ0v) is 22.5. The number of halogens is 1. The number of fused-ring (bicyclic) bond motifs is 1. The zero-order valence-electron chi connectivity index (χ0n) is 20.8. The van der Waals surface area contributed by atoms with Gasteiger partial charge in [0.2, 0.25) is 0 Å². The van der Waals surface area contributed by atoms with Crippen molar-refractivity contribution in [3.05, 3.63) is 81.6 Å². The molecule has 1 atom stereocenters. The van der Waals surface area contributed by atoms with Crippen LogP contribution in [0.3, 0.4) is 0 Å². The Morgan fingerprint density at radius 1 is 1.11 bits per heavy atom. The average Bonchev–Trinajstić information content (AvgIpc) is 3.31. The Bertz CT molecular complexity index is 1390. The molecule has 1 fully saturated rings. The van der Waals surface area contributed by atoms with Crippen LogP contribution in [0.2, 0.25) is 0 Å². The predicted octanol–water partition coefficient (Wildman–Crippen LogP) is 5.07. The van der Waals surface area contributed by atoms with E-state index in [4.69, 9.17) is 9.47 Å². The molecule has 190 valence electrons. The lowest BCUT2D eigenvalue weighted by Gasteiger charge is -2.33. The molecule has 1 aliphatic heterocycles. The summed E-state index contributed by atoms with van der Waals surface area (Å²) in [5, 5.41) is 4.22. The number of rotatable bonds is 7. The van der Waals surface area contributed by atoms with Crippen molar-refractivity contribution in [2.24, 2.45) is 7.05 Å². The van der Waals surface area contributed by atoms with Crippen LogP contribution >= 0.6 is 23.7 Å². The van der Waals surface area contributed by atoms with Crippen molar-refractivity contribution < 1.29 is 9.47 Å². The number of hydrogen-bond acceptors (Lipinski definition) is 6. The Morgan fingerprint density at radius 2 is 1.92 bits per heavy atom. The zero-order chi connectivity index (χ0) is 24.4. The van der Waals surface area contributed by atoms with Crippen molar-refractivity contribution in [1.29, 1.82) is 0 Å². The van der Waals surface area contributed by atoms with Crippen molar-refractivity contribution in [2.75, 3.05) is 26.7 Å². The van der Waals surface area contributed by atoms with Crippen molar-refractivity contribution in [1.82, 2.24) is 14.8 Å². The van der Waals surface area contributed by atoms with E-state index in [0.29, 0.717) is 24.1 Å². The fourth-order valence-electron chi connectivity index (χ4n) is 4.60. The van der Waals surface area contributed by atoms with Crippen molar-refractivity contribution >= 4 is 33.8 Å². The number of thiophene rings is 1. The van der Waals surface area contributed by atoms with Crippen LogP contribution in [0.15, 0.2) is 65.6 Å². The molecule has 2 aromatic heterocycles. The van der Waals surface area contributed by atoms with E-state index in [2.05, 4.69) is 23.2 Å². The maximum atomic E-state index is 13.0. The monoisotopic (exact) mass is 525 g/mol. The van der Waals surface area contributed by atoms with Gasteiger partial charge in [0.05, 0.1) is 12.5 Å². The molecule has 0 unspecified atom stereocenters. The number of pyridine rings is 1. The molecular weight excluding hydrogens is 494 g/mol. The molecule has 5 rings (SSSR count). The van der Waals surface area contributed by atoms with Crippen LogP contribution in [-0.2, 0) is 20.2 Å². The van der Waals surface area contributed by atoms with Crippen LogP contribution in [-0.4, -0.2) is 42.3 Å². The average molecular weight is 526 g/mol. The van der Waals surface area contributed by atoms with E-state index in [1.165, 1.54) is 4.88 Å². The smallest absolute Gasteiger partial charge is 0.259 e. The number of benzene rings is 2. The predicted molar refractivity (Wildman–Crippen MR) is 150 cm³/mol. The van der Waals surface area contributed by atoms with Crippen LogP contribution in [0.5, 0.6) is 11.5 Å². The summed E-state index contributed by atoms with van der Waals surface area (Å²) >= 11 is 1.72. The molecule has 36 heavy (non-hydrogen) atoms. The van der Waals surface area contributed by atoms with Crippen molar-refractivity contribution in [2.45, 2.75) is 26.1 Å². The molecule has 3 heterocycles. The molecule has 1 aliphatic rings. The Hall–Kier alpha value is -2.84. The fraction of sp³-hybridized carbons (Fsp3) is 0.321. The first kappa shape index (κ1) is 26.2. The van der Waals surface area contributed by atoms with Gasteiger partial charge in [-0.05, 0) is 36.2 Å². The van der Waals surface area contributed by atoms with Gasteiger partial charge in [-0.15, -0.1) is 23.7 Å². The van der Waals surface area contributed by atoms with Gasteiger partial charge in [0.1, 0.15) is 6.61 Å². The largest absolute Gasteiger partial charge is 0.493 e. The number of piperazine rings is 1. The van der Waals surface area contributed by atoms with E-state index in [-0.39, 0.29) is 18.0 Å². The van der Waals surface area contributed by atoms with Gasteiger partial charge in [-0.1, -0.05) is 36.4 Å². The first-order valence-corrected chi connectivity index (χ1v) is 12.8. The highest BCUT2D eigenvalue weighted by atomic mass is 35.5. The van der Waals surface area contributed by atoms with E-state index in [0.717, 1.165) is 53.0 Å². The van der Waals surface area contributed by atoms with Crippen molar-refractivity contribution in [3.8, 4) is 22.6 Å². The van der Waals surface area contributed by atoms with Gasteiger partial charge in [-0.25, -0.2) is 0 Å². The molecule has 0 saturated carbocycles. The molecule has 2 aromatic carbocycles. The summed E-state index contributed by atoms with van der Waals surface area (Å²) in [6.07, 6.45) is 1.93. The van der Waals surface area contributed by atoms with Gasteiger partial charge in [0.15, 0.2) is 11.5 Å². The fourth-order valence-corrected chi connectivity index (χ4v) is 5.80. The van der Waals surface area contributed by atoms with Crippen LogP contribution in [0, 0.1) is 0 Å². The maximum absolute atomic E-state index is 13.0. The second-order valence-corrected chi connectivity index (χ2v) is 10.2. The van der Waals surface area contributed by atoms with Gasteiger partial charge >= 0.3 is 0 Å². The van der Waals surface area contributed by atoms with E-state index in [1.807, 2.05) is 61.8 Å². The number of aromatic nitrogens is 1. The SMILES string of the molecule is COc1ccc(-c2cn(C)c(=O)c3cc(CN4CCNC[C@@H]4C)sc23)cc1OCc1ccccc1.Cl. The minimum atomic E-state index is 0. The van der Waals surface area contributed by atoms with Gasteiger partial charge in [0.25, 0.3) is 5.56 Å². The second kappa shape index (κ2) is 11.5. The minimum absolute atomic E-state index is 0. The van der Waals surface area contributed by atoms with E-state index in [1.54, 1.807) is 23.0 Å². The first-order chi connectivity index (χ1) is 17.0. The quantitative estimate of drug-likeness (QED) is 0.365. The van der Waals surface area contributed by atoms with Crippen LogP contribution in [0.25, 0.3) is 21.2 Å². The summed E-state index contributed by atoms with van der Waals surface area (Å²) in [6.45, 7) is 6.57. The second-order valence-electron chi connectivity index (χ2n) is 9.08. The highest BCUT2D eigenvalue weighted by Crippen LogP contribution is 2.38. The molecular formula is C28H32ClN3O3S. The Balaban J connectivity index is 0.00000304. The number of aryl methyl sites for hydroxylation is 1. The number of ether oxygens (including phenoxy) is 2. The molecule has 8 heteroatoms. The third-order valence-electron chi connectivity index (χ3n) is 6.61. The molecule has 0 radical (unpaired) electrons. The first-order valence-electron chi connectivity index (χ1n) is 12.0. The van der Waals surface area contributed by atoms with Gasteiger partial charge in [-0.2, -0.15) is 0 Å². The Kier molecular flexibility index (Phi) is 8.36. The molecule has 0 bridgehead atoms. The molecule has 0 amide bonds. The van der Waals surface area contributed by atoms with Crippen LogP contribution in [0.1, 0.15) is 17.4 Å². The summed E-state index contributed by atoms with van der Waals surface area (Å²) in [7, 11) is 3.47. The molecule has 6 nitrogen and oxygen atoms in total. The summed E-state index contributed by atoms with van der Waals surface area (Å²) in [5.74, 6) is 1.37. The lowest BCUT2D eigenvalue weighted by atomic mass is 10.1. The topological polar surface area (TPSA) is 55.7 Å². The van der Waals surface area contributed by atoms with Crippen LogP contribution < -0.4 is 20.3 Å². The number of nitrogens with zero attached hydrogens (tertiary/aromatic N) is 2. The summed E-state index contributed by atoms with van der Waals surface area (Å²) in [5.41, 5.74) is 3.15. The third kappa shape index (κ3) is 5.44. The van der Waals surface area contributed by atoms with Gasteiger partial charge in [0, 0.05) is 60.6 Å².